The highest BCUT2D eigenvalue weighted by Crippen LogP contribution is 2.40. The van der Waals surface area contributed by atoms with Gasteiger partial charge in [-0.25, -0.2) is 4.39 Å². The van der Waals surface area contributed by atoms with Crippen molar-refractivity contribution in [2.75, 3.05) is 0 Å². The monoisotopic (exact) mass is 298 g/mol. The first kappa shape index (κ1) is 14.4. The van der Waals surface area contributed by atoms with Crippen molar-refractivity contribution in [2.24, 2.45) is 0 Å². The summed E-state index contributed by atoms with van der Waals surface area (Å²) in [4.78, 5) is 0. The van der Waals surface area contributed by atoms with E-state index in [2.05, 4.69) is 42.7 Å². The molecule has 1 aliphatic rings. The minimum Gasteiger partial charge on any atom is -0.207 e. The van der Waals surface area contributed by atoms with Crippen LogP contribution in [0.25, 0.3) is 0 Å². The van der Waals surface area contributed by atoms with Crippen LogP contribution >= 0.6 is 11.8 Å². The van der Waals surface area contributed by atoms with Crippen LogP contribution in [0.2, 0.25) is 0 Å². The van der Waals surface area contributed by atoms with E-state index in [0.717, 1.165) is 18.4 Å². The molecule has 1 heterocycles. The smallest absolute Gasteiger partial charge is 0.126 e. The lowest BCUT2D eigenvalue weighted by Gasteiger charge is -2.20. The van der Waals surface area contributed by atoms with Crippen LogP contribution in [0.1, 0.15) is 29.0 Å². The van der Waals surface area contributed by atoms with Crippen molar-refractivity contribution < 1.29 is 4.39 Å². The minimum atomic E-state index is -0.0825. The maximum Gasteiger partial charge on any atom is 0.126 e. The number of rotatable bonds is 4. The maximum atomic E-state index is 13.7. The first-order valence-electron chi connectivity index (χ1n) is 7.37. The van der Waals surface area contributed by atoms with E-state index < -0.39 is 0 Å². The van der Waals surface area contributed by atoms with Crippen LogP contribution in [0, 0.1) is 12.7 Å². The first-order valence-corrected chi connectivity index (χ1v) is 8.31. The van der Waals surface area contributed by atoms with Crippen LogP contribution in [0.5, 0.6) is 0 Å². The molecule has 2 heteroatoms. The van der Waals surface area contributed by atoms with Gasteiger partial charge in [0.2, 0.25) is 0 Å². The lowest BCUT2D eigenvalue weighted by Crippen LogP contribution is -2.12. The Labute approximate surface area is 130 Å². The quantitative estimate of drug-likeness (QED) is 0.720. The predicted molar refractivity (Wildman–Crippen MR) is 89.2 cm³/mol. The summed E-state index contributed by atoms with van der Waals surface area (Å²) in [5.74, 6) is 0.365. The van der Waals surface area contributed by atoms with E-state index in [9.17, 15) is 4.39 Å². The zero-order chi connectivity index (χ0) is 14.7. The molecule has 3 rings (SSSR count). The van der Waals surface area contributed by atoms with Crippen molar-refractivity contribution in [1.29, 1.82) is 0 Å². The Morgan fingerprint density at radius 2 is 1.81 bits per heavy atom. The molecule has 2 unspecified atom stereocenters. The second-order valence-electron chi connectivity index (χ2n) is 5.52. The summed E-state index contributed by atoms with van der Waals surface area (Å²) in [6, 6.07) is 15.7. The molecule has 0 spiro atoms. The second kappa shape index (κ2) is 6.48. The SMILES string of the molecule is Cc1ccccc1C1C=CSC1CCc1ccccc1F. The molecule has 108 valence electrons. The molecule has 0 fully saturated rings. The third kappa shape index (κ3) is 3.21. The average Bonchev–Trinajstić information content (AvgIpc) is 2.95. The zero-order valence-corrected chi connectivity index (χ0v) is 12.9. The van der Waals surface area contributed by atoms with Gasteiger partial charge in [0.25, 0.3) is 0 Å². The summed E-state index contributed by atoms with van der Waals surface area (Å²) in [7, 11) is 0. The highest BCUT2D eigenvalue weighted by molar-refractivity contribution is 8.03. The van der Waals surface area contributed by atoms with Crippen LogP contribution in [0.4, 0.5) is 4.39 Å². The highest BCUT2D eigenvalue weighted by atomic mass is 32.2. The van der Waals surface area contributed by atoms with Gasteiger partial charge in [0.05, 0.1) is 0 Å². The summed E-state index contributed by atoms with van der Waals surface area (Å²) in [5, 5.41) is 2.70. The summed E-state index contributed by atoms with van der Waals surface area (Å²) >= 11 is 1.88. The molecule has 0 N–H and O–H groups in total. The molecule has 2 aromatic carbocycles. The Hall–Kier alpha value is -1.54. The van der Waals surface area contributed by atoms with Crippen molar-refractivity contribution in [1.82, 2.24) is 0 Å². The topological polar surface area (TPSA) is 0 Å². The van der Waals surface area contributed by atoms with Crippen LogP contribution < -0.4 is 0 Å². The number of aryl methyl sites for hydroxylation is 2. The fraction of sp³-hybridized carbons (Fsp3) is 0.263. The normalized spacial score (nSPS) is 20.9. The van der Waals surface area contributed by atoms with E-state index in [1.165, 1.54) is 11.1 Å². The Bertz CT molecular complexity index is 648. The van der Waals surface area contributed by atoms with Gasteiger partial charge in [-0.3, -0.25) is 0 Å². The third-order valence-electron chi connectivity index (χ3n) is 4.14. The van der Waals surface area contributed by atoms with Gasteiger partial charge in [0.15, 0.2) is 0 Å². The van der Waals surface area contributed by atoms with E-state index in [4.69, 9.17) is 0 Å². The Kier molecular flexibility index (Phi) is 4.45. The van der Waals surface area contributed by atoms with E-state index in [0.29, 0.717) is 11.2 Å². The number of benzene rings is 2. The molecule has 0 aromatic heterocycles. The molecule has 0 saturated heterocycles. The van der Waals surface area contributed by atoms with Crippen LogP contribution in [0.15, 0.2) is 60.0 Å². The van der Waals surface area contributed by atoms with Gasteiger partial charge in [-0.05, 0) is 47.9 Å². The van der Waals surface area contributed by atoms with Crippen molar-refractivity contribution in [3.63, 3.8) is 0 Å². The van der Waals surface area contributed by atoms with Gasteiger partial charge in [0.1, 0.15) is 5.82 Å². The summed E-state index contributed by atoms with van der Waals surface area (Å²) < 4.78 is 13.7. The molecule has 0 amide bonds. The molecule has 2 aromatic rings. The van der Waals surface area contributed by atoms with Crippen LogP contribution in [-0.2, 0) is 6.42 Å². The molecule has 0 aliphatic carbocycles. The molecule has 0 bridgehead atoms. The van der Waals surface area contributed by atoms with Gasteiger partial charge in [-0.1, -0.05) is 48.5 Å². The van der Waals surface area contributed by atoms with E-state index >= 15 is 0 Å². The van der Waals surface area contributed by atoms with Crippen molar-refractivity contribution >= 4 is 11.8 Å². The highest BCUT2D eigenvalue weighted by Gasteiger charge is 2.26. The standard InChI is InChI=1S/C19H19FS/c1-14-6-2-4-8-16(14)17-12-13-21-19(17)11-10-15-7-3-5-9-18(15)20/h2-9,12-13,17,19H,10-11H2,1H3. The number of halogens is 1. The first-order chi connectivity index (χ1) is 10.3. The largest absolute Gasteiger partial charge is 0.207 e. The van der Waals surface area contributed by atoms with Crippen molar-refractivity contribution in [2.45, 2.75) is 30.9 Å². The third-order valence-corrected chi connectivity index (χ3v) is 5.34. The van der Waals surface area contributed by atoms with Crippen molar-refractivity contribution in [3.8, 4) is 0 Å². The minimum absolute atomic E-state index is 0.0825. The summed E-state index contributed by atoms with van der Waals surface area (Å²) in [6.07, 6.45) is 4.09. The Morgan fingerprint density at radius 3 is 2.62 bits per heavy atom. The van der Waals surface area contributed by atoms with Gasteiger partial charge in [-0.15, -0.1) is 11.8 Å². The van der Waals surface area contributed by atoms with Gasteiger partial charge in [-0.2, -0.15) is 0 Å². The van der Waals surface area contributed by atoms with Crippen LogP contribution in [0.3, 0.4) is 0 Å². The number of thioether (sulfide) groups is 1. The fourth-order valence-corrected chi connectivity index (χ4v) is 4.07. The van der Waals surface area contributed by atoms with Crippen LogP contribution in [-0.4, -0.2) is 5.25 Å². The molecule has 0 radical (unpaired) electrons. The van der Waals surface area contributed by atoms with E-state index in [1.54, 1.807) is 12.1 Å². The number of hydrogen-bond donors (Lipinski definition) is 0. The second-order valence-corrected chi connectivity index (χ2v) is 6.67. The van der Waals surface area contributed by atoms with Gasteiger partial charge >= 0.3 is 0 Å². The van der Waals surface area contributed by atoms with E-state index in [1.807, 2.05) is 23.9 Å². The molecular formula is C19H19FS. The number of allylic oxidation sites excluding steroid dienone is 1. The Morgan fingerprint density at radius 1 is 1.05 bits per heavy atom. The lowest BCUT2D eigenvalue weighted by atomic mass is 9.89. The molecule has 21 heavy (non-hydrogen) atoms. The van der Waals surface area contributed by atoms with Gasteiger partial charge < -0.3 is 0 Å². The number of hydrogen-bond acceptors (Lipinski definition) is 1. The molecule has 2 atom stereocenters. The average molecular weight is 298 g/mol. The maximum absolute atomic E-state index is 13.7. The van der Waals surface area contributed by atoms with Crippen molar-refractivity contribution in [3.05, 3.63) is 82.5 Å². The Balaban J connectivity index is 1.72. The molecular weight excluding hydrogens is 279 g/mol. The predicted octanol–water partition coefficient (Wildman–Crippen LogP) is 5.48. The molecule has 0 saturated carbocycles. The lowest BCUT2D eigenvalue weighted by molar-refractivity contribution is 0.598. The fourth-order valence-electron chi connectivity index (χ4n) is 2.95. The van der Waals surface area contributed by atoms with Gasteiger partial charge in [0, 0.05) is 11.2 Å². The summed E-state index contributed by atoms with van der Waals surface area (Å²) in [5.41, 5.74) is 3.57. The summed E-state index contributed by atoms with van der Waals surface area (Å²) in [6.45, 7) is 2.17. The molecule has 0 nitrogen and oxygen atoms in total. The zero-order valence-electron chi connectivity index (χ0n) is 12.1. The molecule has 1 aliphatic heterocycles. The van der Waals surface area contributed by atoms with E-state index in [-0.39, 0.29) is 5.82 Å².